The number of carbonyl (C=O) groups excluding carboxylic acids is 2. The summed E-state index contributed by atoms with van der Waals surface area (Å²) in [5.74, 6) is 3.05. The first-order valence-electron chi connectivity index (χ1n) is 5.88. The van der Waals surface area contributed by atoms with E-state index in [1.807, 2.05) is 0 Å². The summed E-state index contributed by atoms with van der Waals surface area (Å²) in [6.45, 7) is 0. The summed E-state index contributed by atoms with van der Waals surface area (Å²) in [6.07, 6.45) is 0. The molecule has 1 aliphatic rings. The van der Waals surface area contributed by atoms with Crippen molar-refractivity contribution in [3.63, 3.8) is 0 Å². The van der Waals surface area contributed by atoms with Crippen molar-refractivity contribution in [2.24, 2.45) is 11.1 Å². The highest BCUT2D eigenvalue weighted by Crippen LogP contribution is 2.43. The van der Waals surface area contributed by atoms with Crippen LogP contribution in [0.5, 0.6) is 11.5 Å². The van der Waals surface area contributed by atoms with Gasteiger partial charge in [0.2, 0.25) is 0 Å². The molecule has 0 fully saturated rings. The van der Waals surface area contributed by atoms with Gasteiger partial charge in [-0.25, -0.2) is 0 Å². The van der Waals surface area contributed by atoms with Gasteiger partial charge in [0.25, 0.3) is 0 Å². The van der Waals surface area contributed by atoms with Crippen molar-refractivity contribution in [2.75, 3.05) is 0 Å². The number of rotatable bonds is 2. The molecule has 0 spiro atoms. The van der Waals surface area contributed by atoms with E-state index in [0.29, 0.717) is 0 Å². The highest BCUT2D eigenvalue weighted by Gasteiger charge is 2.36. The normalized spacial score (nSPS) is 12.6. The number of nitrogens with zero attached hydrogens (tertiary/aromatic N) is 1. The smallest absolute Gasteiger partial charge is 0.200 e. The van der Waals surface area contributed by atoms with Crippen LogP contribution < -0.4 is 10.7 Å². The molecular weight excluding hydrogens is 276 g/mol. The summed E-state index contributed by atoms with van der Waals surface area (Å²) in [4.78, 5) is 40.4. The average molecular weight is 284 g/mol. The molecule has 2 aromatic rings. The van der Waals surface area contributed by atoms with Gasteiger partial charge in [-0.1, -0.05) is 24.3 Å². The average Bonchev–Trinajstić information content (AvgIpc) is 2.51. The van der Waals surface area contributed by atoms with Gasteiger partial charge in [-0.3, -0.25) is 9.59 Å². The number of fused-ring (bicyclic) bond motifs is 2. The summed E-state index contributed by atoms with van der Waals surface area (Å²) in [7, 11) is 0. The monoisotopic (exact) mass is 284 g/mol. The third kappa shape index (κ3) is 1.65. The van der Waals surface area contributed by atoms with Gasteiger partial charge in [-0.05, 0) is 5.18 Å². The SMILES string of the molecule is NOc1c(O)cc(N=O)c2c1C(=O)c1ccccc1C2=O. The minimum absolute atomic E-state index is 0.149. The highest BCUT2D eigenvalue weighted by atomic mass is 16.6. The van der Waals surface area contributed by atoms with E-state index in [-0.39, 0.29) is 33.7 Å². The Bertz CT molecular complexity index is 813. The predicted octanol–water partition coefficient (Wildman–Crippen LogP) is 1.82. The van der Waals surface area contributed by atoms with Gasteiger partial charge in [0.05, 0.1) is 11.1 Å². The lowest BCUT2D eigenvalue weighted by molar-refractivity contribution is 0.0975. The first-order valence-corrected chi connectivity index (χ1v) is 5.88. The van der Waals surface area contributed by atoms with Crippen LogP contribution in [0.4, 0.5) is 5.69 Å². The van der Waals surface area contributed by atoms with Crippen LogP contribution in [0.25, 0.3) is 0 Å². The number of phenolic OH excluding ortho intramolecular Hbond substituents is 1. The van der Waals surface area contributed by atoms with Crippen LogP contribution in [0.15, 0.2) is 35.5 Å². The molecular formula is C14H8N2O5. The third-order valence-corrected chi connectivity index (χ3v) is 3.33. The standard InChI is InChI=1S/C14H8N2O5/c15-21-14-9(17)5-8(16-20)10-11(14)13(19)7-4-2-1-3-6(7)12(10)18/h1-5,17H,15H2. The van der Waals surface area contributed by atoms with Gasteiger partial charge in [0.15, 0.2) is 23.1 Å². The zero-order valence-corrected chi connectivity index (χ0v) is 10.5. The van der Waals surface area contributed by atoms with E-state index in [1.165, 1.54) is 12.1 Å². The molecule has 2 aromatic carbocycles. The third-order valence-electron chi connectivity index (χ3n) is 3.33. The largest absolute Gasteiger partial charge is 0.504 e. The maximum absolute atomic E-state index is 12.5. The Hall–Kier alpha value is -3.06. The van der Waals surface area contributed by atoms with Gasteiger partial charge in [0, 0.05) is 17.2 Å². The lowest BCUT2D eigenvalue weighted by Gasteiger charge is -2.20. The second-order valence-electron chi connectivity index (χ2n) is 4.41. The summed E-state index contributed by atoms with van der Waals surface area (Å²) >= 11 is 0. The van der Waals surface area contributed by atoms with Crippen LogP contribution in [-0.4, -0.2) is 16.7 Å². The number of phenols is 1. The number of hydrogen-bond donors (Lipinski definition) is 2. The molecule has 0 saturated heterocycles. The lowest BCUT2D eigenvalue weighted by Crippen LogP contribution is -2.23. The molecule has 7 nitrogen and oxygen atoms in total. The summed E-state index contributed by atoms with van der Waals surface area (Å²) in [5.41, 5.74) is -0.497. The Labute approximate surface area is 117 Å². The Kier molecular flexibility index (Phi) is 2.77. The Morgan fingerprint density at radius 1 is 1.05 bits per heavy atom. The number of ketones is 2. The molecule has 0 amide bonds. The minimum Gasteiger partial charge on any atom is -0.504 e. The van der Waals surface area contributed by atoms with E-state index in [9.17, 15) is 19.6 Å². The Balaban J connectivity index is 2.44. The molecule has 3 rings (SSSR count). The van der Waals surface area contributed by atoms with E-state index >= 15 is 0 Å². The number of nitrogens with two attached hydrogens (primary N) is 1. The van der Waals surface area contributed by atoms with Crippen LogP contribution in [-0.2, 0) is 0 Å². The van der Waals surface area contributed by atoms with E-state index in [2.05, 4.69) is 10.0 Å². The summed E-state index contributed by atoms with van der Waals surface area (Å²) in [5, 5.41) is 12.5. The molecule has 0 unspecified atom stereocenters. The maximum Gasteiger partial charge on any atom is 0.200 e. The molecule has 1 aliphatic carbocycles. The second kappa shape index (κ2) is 4.50. The number of benzene rings is 2. The zero-order valence-electron chi connectivity index (χ0n) is 10.5. The van der Waals surface area contributed by atoms with Crippen molar-refractivity contribution >= 4 is 17.3 Å². The van der Waals surface area contributed by atoms with E-state index in [1.54, 1.807) is 12.1 Å². The fourth-order valence-corrected chi connectivity index (χ4v) is 2.42. The van der Waals surface area contributed by atoms with Gasteiger partial charge < -0.3 is 9.94 Å². The first kappa shape index (κ1) is 12.9. The van der Waals surface area contributed by atoms with Gasteiger partial charge in [0.1, 0.15) is 5.69 Å². The van der Waals surface area contributed by atoms with E-state index in [4.69, 9.17) is 5.90 Å². The van der Waals surface area contributed by atoms with Crippen LogP contribution in [0.2, 0.25) is 0 Å². The van der Waals surface area contributed by atoms with Gasteiger partial charge in [-0.15, -0.1) is 4.91 Å². The van der Waals surface area contributed by atoms with E-state index < -0.39 is 17.3 Å². The van der Waals surface area contributed by atoms with Crippen LogP contribution in [0, 0.1) is 4.91 Å². The molecule has 0 atom stereocenters. The van der Waals surface area contributed by atoms with Crippen LogP contribution in [0.1, 0.15) is 31.8 Å². The number of aromatic hydroxyl groups is 1. The first-order chi connectivity index (χ1) is 10.1. The van der Waals surface area contributed by atoms with E-state index in [0.717, 1.165) is 6.07 Å². The van der Waals surface area contributed by atoms with Crippen molar-refractivity contribution in [2.45, 2.75) is 0 Å². The maximum atomic E-state index is 12.5. The summed E-state index contributed by atoms with van der Waals surface area (Å²) in [6, 6.07) is 7.08. The molecule has 0 aliphatic heterocycles. The number of hydrogen-bond acceptors (Lipinski definition) is 7. The fourth-order valence-electron chi connectivity index (χ4n) is 2.42. The number of carbonyl (C=O) groups is 2. The molecule has 0 saturated carbocycles. The second-order valence-corrected chi connectivity index (χ2v) is 4.41. The quantitative estimate of drug-likeness (QED) is 0.547. The summed E-state index contributed by atoms with van der Waals surface area (Å²) < 4.78 is 0. The van der Waals surface area contributed by atoms with Crippen molar-refractivity contribution in [1.82, 2.24) is 0 Å². The molecule has 0 aromatic heterocycles. The number of nitroso groups, excluding NO2 is 1. The van der Waals surface area contributed by atoms with Crippen molar-refractivity contribution < 1.29 is 19.5 Å². The van der Waals surface area contributed by atoms with Crippen molar-refractivity contribution in [1.29, 1.82) is 0 Å². The van der Waals surface area contributed by atoms with Crippen molar-refractivity contribution in [3.05, 3.63) is 57.5 Å². The Morgan fingerprint density at radius 3 is 2.14 bits per heavy atom. The minimum atomic E-state index is -0.568. The van der Waals surface area contributed by atoms with Crippen LogP contribution in [0.3, 0.4) is 0 Å². The Morgan fingerprint density at radius 2 is 1.62 bits per heavy atom. The molecule has 0 radical (unpaired) electrons. The van der Waals surface area contributed by atoms with Crippen molar-refractivity contribution in [3.8, 4) is 11.5 Å². The molecule has 0 bridgehead atoms. The van der Waals surface area contributed by atoms with Gasteiger partial charge in [-0.2, -0.15) is 5.90 Å². The fraction of sp³-hybridized carbons (Fsp3) is 0. The molecule has 0 heterocycles. The molecule has 21 heavy (non-hydrogen) atoms. The van der Waals surface area contributed by atoms with Crippen LogP contribution >= 0.6 is 0 Å². The lowest BCUT2D eigenvalue weighted by atomic mass is 9.82. The van der Waals surface area contributed by atoms with Gasteiger partial charge >= 0.3 is 0 Å². The molecule has 104 valence electrons. The highest BCUT2D eigenvalue weighted by molar-refractivity contribution is 6.31. The molecule has 7 heteroatoms. The topological polar surface area (TPSA) is 119 Å². The predicted molar refractivity (Wildman–Crippen MR) is 71.7 cm³/mol. The molecule has 3 N–H and O–H groups in total. The zero-order chi connectivity index (χ0) is 15.1.